The standard InChI is InChI=1S/C19H23N3O3/c1-4-5-8-22-16(23)14-11(3)21-19(15(14)17(22)24)12-9-10(2)6-7-13(12)20-18(19)25/h6-7,9,11,14-15,21H,4-5,8H2,1-3H3,(H,20,25)/t11-,14-,15+,19-/m1/s1. The van der Waals surface area contributed by atoms with E-state index in [0.29, 0.717) is 6.54 Å². The molecule has 6 nitrogen and oxygen atoms in total. The lowest BCUT2D eigenvalue weighted by Gasteiger charge is -2.29. The van der Waals surface area contributed by atoms with Crippen molar-refractivity contribution in [3.8, 4) is 0 Å². The first-order valence-corrected chi connectivity index (χ1v) is 8.97. The summed E-state index contributed by atoms with van der Waals surface area (Å²) < 4.78 is 0. The van der Waals surface area contributed by atoms with E-state index >= 15 is 0 Å². The smallest absolute Gasteiger partial charge is 0.250 e. The van der Waals surface area contributed by atoms with Gasteiger partial charge in [-0.3, -0.25) is 24.6 Å². The van der Waals surface area contributed by atoms with Gasteiger partial charge in [0.1, 0.15) is 5.54 Å². The quantitative estimate of drug-likeness (QED) is 0.818. The molecular weight excluding hydrogens is 318 g/mol. The van der Waals surface area contributed by atoms with Crippen molar-refractivity contribution in [3.05, 3.63) is 29.3 Å². The number of rotatable bonds is 3. The number of amides is 3. The molecule has 3 heterocycles. The number of unbranched alkanes of at least 4 members (excludes halogenated alkanes) is 1. The summed E-state index contributed by atoms with van der Waals surface area (Å²) in [5.41, 5.74) is 1.39. The molecule has 1 aromatic rings. The van der Waals surface area contributed by atoms with Crippen molar-refractivity contribution in [1.82, 2.24) is 10.2 Å². The highest BCUT2D eigenvalue weighted by Gasteiger charge is 2.69. The molecule has 132 valence electrons. The van der Waals surface area contributed by atoms with Gasteiger partial charge in [0.05, 0.1) is 11.8 Å². The van der Waals surface area contributed by atoms with Crippen LogP contribution in [0.5, 0.6) is 0 Å². The van der Waals surface area contributed by atoms with Gasteiger partial charge in [0.25, 0.3) is 0 Å². The van der Waals surface area contributed by atoms with Gasteiger partial charge in [-0.05, 0) is 26.3 Å². The summed E-state index contributed by atoms with van der Waals surface area (Å²) in [6.07, 6.45) is 1.70. The first-order chi connectivity index (χ1) is 11.9. The Bertz CT molecular complexity index is 790. The van der Waals surface area contributed by atoms with Crippen LogP contribution in [0.25, 0.3) is 0 Å². The van der Waals surface area contributed by atoms with Crippen molar-refractivity contribution >= 4 is 23.4 Å². The van der Waals surface area contributed by atoms with Crippen LogP contribution in [-0.2, 0) is 19.9 Å². The summed E-state index contributed by atoms with van der Waals surface area (Å²) in [5, 5.41) is 6.22. The average molecular weight is 341 g/mol. The fourth-order valence-electron chi connectivity index (χ4n) is 4.67. The van der Waals surface area contributed by atoms with Crippen molar-refractivity contribution < 1.29 is 14.4 Å². The van der Waals surface area contributed by atoms with E-state index in [4.69, 9.17) is 0 Å². The van der Waals surface area contributed by atoms with Gasteiger partial charge in [0, 0.05) is 23.8 Å². The van der Waals surface area contributed by atoms with Gasteiger partial charge in [0.2, 0.25) is 17.7 Å². The summed E-state index contributed by atoms with van der Waals surface area (Å²) >= 11 is 0. The van der Waals surface area contributed by atoms with Crippen LogP contribution < -0.4 is 10.6 Å². The summed E-state index contributed by atoms with van der Waals surface area (Å²) in [7, 11) is 0. The Morgan fingerprint density at radius 1 is 1.20 bits per heavy atom. The fourth-order valence-corrected chi connectivity index (χ4v) is 4.67. The average Bonchev–Trinajstić information content (AvgIpc) is 3.12. The Labute approximate surface area is 147 Å². The van der Waals surface area contributed by atoms with Crippen LogP contribution in [0.2, 0.25) is 0 Å². The highest BCUT2D eigenvalue weighted by atomic mass is 16.2. The molecule has 2 N–H and O–H groups in total. The molecule has 0 aromatic heterocycles. The van der Waals surface area contributed by atoms with Crippen LogP contribution in [-0.4, -0.2) is 35.2 Å². The number of likely N-dealkylation sites (tertiary alicyclic amines) is 1. The predicted molar refractivity (Wildman–Crippen MR) is 92.7 cm³/mol. The zero-order valence-corrected chi connectivity index (χ0v) is 14.8. The Morgan fingerprint density at radius 3 is 2.68 bits per heavy atom. The number of imide groups is 1. The molecule has 0 aliphatic carbocycles. The minimum Gasteiger partial charge on any atom is -0.324 e. The summed E-state index contributed by atoms with van der Waals surface area (Å²) in [6, 6.07) is 5.52. The molecule has 0 radical (unpaired) electrons. The van der Waals surface area contributed by atoms with E-state index in [1.54, 1.807) is 0 Å². The molecular formula is C19H23N3O3. The van der Waals surface area contributed by atoms with Crippen LogP contribution in [0.4, 0.5) is 5.69 Å². The lowest BCUT2D eigenvalue weighted by atomic mass is 9.76. The fraction of sp³-hybridized carbons (Fsp3) is 0.526. The van der Waals surface area contributed by atoms with Crippen LogP contribution in [0.1, 0.15) is 37.8 Å². The number of hydrogen-bond donors (Lipinski definition) is 2. The number of nitrogens with zero attached hydrogens (tertiary/aromatic N) is 1. The molecule has 4 atom stereocenters. The monoisotopic (exact) mass is 341 g/mol. The maximum atomic E-state index is 13.1. The normalized spacial score (nSPS) is 33.2. The molecule has 0 unspecified atom stereocenters. The number of hydrogen-bond acceptors (Lipinski definition) is 4. The molecule has 0 saturated carbocycles. The zero-order chi connectivity index (χ0) is 17.9. The van der Waals surface area contributed by atoms with E-state index in [2.05, 4.69) is 10.6 Å². The molecule has 2 saturated heterocycles. The number of fused-ring (bicyclic) bond motifs is 4. The van der Waals surface area contributed by atoms with E-state index in [-0.39, 0.29) is 23.8 Å². The molecule has 1 spiro atoms. The lowest BCUT2D eigenvalue weighted by molar-refractivity contribution is -0.142. The van der Waals surface area contributed by atoms with Crippen LogP contribution >= 0.6 is 0 Å². The van der Waals surface area contributed by atoms with Crippen molar-refractivity contribution in [1.29, 1.82) is 0 Å². The molecule has 25 heavy (non-hydrogen) atoms. The number of carbonyl (C=O) groups is 3. The van der Waals surface area contributed by atoms with Crippen LogP contribution in [0.3, 0.4) is 0 Å². The van der Waals surface area contributed by atoms with Crippen molar-refractivity contribution in [2.24, 2.45) is 11.8 Å². The number of aryl methyl sites for hydroxylation is 1. The topological polar surface area (TPSA) is 78.5 Å². The number of nitrogens with one attached hydrogen (secondary N) is 2. The Hall–Kier alpha value is -2.21. The van der Waals surface area contributed by atoms with Crippen molar-refractivity contribution in [3.63, 3.8) is 0 Å². The second-order valence-corrected chi connectivity index (χ2v) is 7.43. The van der Waals surface area contributed by atoms with Gasteiger partial charge < -0.3 is 5.32 Å². The number of carbonyl (C=O) groups excluding carboxylic acids is 3. The second-order valence-electron chi connectivity index (χ2n) is 7.43. The van der Waals surface area contributed by atoms with Gasteiger partial charge in [-0.25, -0.2) is 0 Å². The second kappa shape index (κ2) is 5.39. The number of benzene rings is 1. The van der Waals surface area contributed by atoms with Crippen LogP contribution in [0.15, 0.2) is 18.2 Å². The third-order valence-corrected chi connectivity index (χ3v) is 5.84. The van der Waals surface area contributed by atoms with E-state index in [9.17, 15) is 14.4 Å². The van der Waals surface area contributed by atoms with Crippen molar-refractivity contribution in [2.45, 2.75) is 45.2 Å². The Kier molecular flexibility index (Phi) is 3.51. The predicted octanol–water partition coefficient (Wildman–Crippen LogP) is 1.54. The molecule has 0 bridgehead atoms. The Morgan fingerprint density at radius 2 is 1.96 bits per heavy atom. The largest absolute Gasteiger partial charge is 0.324 e. The van der Waals surface area contributed by atoms with E-state index < -0.39 is 17.4 Å². The van der Waals surface area contributed by atoms with Crippen molar-refractivity contribution in [2.75, 3.05) is 11.9 Å². The maximum Gasteiger partial charge on any atom is 0.250 e. The minimum atomic E-state index is -1.14. The molecule has 3 aliphatic heterocycles. The highest BCUT2D eigenvalue weighted by molar-refractivity contribution is 6.15. The van der Waals surface area contributed by atoms with E-state index in [1.165, 1.54) is 4.90 Å². The van der Waals surface area contributed by atoms with Gasteiger partial charge in [-0.2, -0.15) is 0 Å². The molecule has 3 aliphatic rings. The van der Waals surface area contributed by atoms with Gasteiger partial charge in [-0.1, -0.05) is 31.0 Å². The first-order valence-electron chi connectivity index (χ1n) is 8.97. The third kappa shape index (κ3) is 1.97. The van der Waals surface area contributed by atoms with Gasteiger partial charge in [0.15, 0.2) is 0 Å². The molecule has 3 amide bonds. The SMILES string of the molecule is CCCCN1C(=O)[C@H]2[C@@H](C1=O)[C@@]1(N[C@@H]2C)C(=O)Nc2ccc(C)cc21. The minimum absolute atomic E-state index is 0.144. The molecule has 6 heteroatoms. The molecule has 4 rings (SSSR count). The van der Waals surface area contributed by atoms with Gasteiger partial charge in [-0.15, -0.1) is 0 Å². The third-order valence-electron chi connectivity index (χ3n) is 5.84. The van der Waals surface area contributed by atoms with Gasteiger partial charge >= 0.3 is 0 Å². The first kappa shape index (κ1) is 16.3. The molecule has 2 fully saturated rings. The summed E-state index contributed by atoms with van der Waals surface area (Å²) in [6.45, 7) is 6.32. The lowest BCUT2D eigenvalue weighted by Crippen LogP contribution is -2.53. The Balaban J connectivity index is 1.83. The van der Waals surface area contributed by atoms with Crippen LogP contribution in [0, 0.1) is 18.8 Å². The molecule has 1 aromatic carbocycles. The summed E-state index contributed by atoms with van der Waals surface area (Å²) in [5.74, 6) is -1.75. The van der Waals surface area contributed by atoms with E-state index in [0.717, 1.165) is 29.7 Å². The van der Waals surface area contributed by atoms with E-state index in [1.807, 2.05) is 39.0 Å². The maximum absolute atomic E-state index is 13.1. The number of anilines is 1. The zero-order valence-electron chi connectivity index (χ0n) is 14.8. The summed E-state index contributed by atoms with van der Waals surface area (Å²) in [4.78, 5) is 40.4. The highest BCUT2D eigenvalue weighted by Crippen LogP contribution is 2.52.